The predicted octanol–water partition coefficient (Wildman–Crippen LogP) is 0.0387. The van der Waals surface area contributed by atoms with E-state index in [1.54, 1.807) is 16.7 Å². The highest BCUT2D eigenvalue weighted by Gasteiger charge is 2.37. The lowest BCUT2D eigenvalue weighted by Crippen LogP contribution is -2.54. The van der Waals surface area contributed by atoms with Crippen LogP contribution in [0.5, 0.6) is 0 Å². The first-order valence-corrected chi connectivity index (χ1v) is 7.89. The van der Waals surface area contributed by atoms with Crippen molar-refractivity contribution < 1.29 is 24.2 Å². The number of methoxy groups -OCH3 is 1. The van der Waals surface area contributed by atoms with Gasteiger partial charge in [0.1, 0.15) is 6.04 Å². The number of alkyl carbamates (subject to hydrolysis) is 1. The highest BCUT2D eigenvalue weighted by Crippen LogP contribution is 2.20. The molecule has 2 fully saturated rings. The number of likely N-dealkylation sites (tertiary alicyclic amines) is 1. The van der Waals surface area contributed by atoms with Crippen LogP contribution >= 0.6 is 11.8 Å². The second kappa shape index (κ2) is 6.88. The summed E-state index contributed by atoms with van der Waals surface area (Å²) in [6.45, 7) is 1.32. The van der Waals surface area contributed by atoms with E-state index in [2.05, 4.69) is 10.1 Å². The molecule has 118 valence electrons. The molecule has 2 unspecified atom stereocenters. The monoisotopic (exact) mass is 317 g/mol. The molecule has 2 rings (SSSR count). The van der Waals surface area contributed by atoms with E-state index in [1.165, 1.54) is 12.0 Å². The van der Waals surface area contributed by atoms with Crippen LogP contribution in [0.1, 0.15) is 6.42 Å². The molecule has 2 atom stereocenters. The molecule has 2 aliphatic heterocycles. The number of carbonyl (C=O) groups excluding carboxylic acids is 2. The molecule has 0 aromatic rings. The summed E-state index contributed by atoms with van der Waals surface area (Å²) in [5, 5.41) is 11.9. The van der Waals surface area contributed by atoms with E-state index in [1.807, 2.05) is 0 Å². The van der Waals surface area contributed by atoms with Crippen LogP contribution in [0, 0.1) is 0 Å². The molecule has 2 heterocycles. The Balaban J connectivity index is 1.94. The maximum Gasteiger partial charge on any atom is 0.407 e. The van der Waals surface area contributed by atoms with Crippen molar-refractivity contribution in [2.45, 2.75) is 18.5 Å². The summed E-state index contributed by atoms with van der Waals surface area (Å²) < 4.78 is 4.53. The number of urea groups is 1. The van der Waals surface area contributed by atoms with Crippen LogP contribution in [-0.2, 0) is 9.53 Å². The average molecular weight is 317 g/mol. The second-order valence-electron chi connectivity index (χ2n) is 4.97. The Morgan fingerprint density at radius 2 is 2.10 bits per heavy atom. The van der Waals surface area contributed by atoms with Crippen molar-refractivity contribution in [1.29, 1.82) is 0 Å². The lowest BCUT2D eigenvalue weighted by atomic mass is 10.3. The summed E-state index contributed by atoms with van der Waals surface area (Å²) in [7, 11) is 1.29. The Labute approximate surface area is 126 Å². The van der Waals surface area contributed by atoms with Gasteiger partial charge < -0.3 is 25.0 Å². The molecule has 2 saturated heterocycles. The first-order chi connectivity index (χ1) is 10.0. The number of hydrogen-bond acceptors (Lipinski definition) is 5. The third-order valence-corrected chi connectivity index (χ3v) is 4.65. The van der Waals surface area contributed by atoms with Crippen molar-refractivity contribution >= 4 is 29.9 Å². The maximum absolute atomic E-state index is 12.5. The molecule has 8 nitrogen and oxygen atoms in total. The number of ether oxygens (including phenoxy) is 1. The maximum atomic E-state index is 12.5. The molecule has 0 bridgehead atoms. The molecule has 0 aromatic heterocycles. The molecule has 0 radical (unpaired) electrons. The van der Waals surface area contributed by atoms with Crippen LogP contribution in [0.25, 0.3) is 0 Å². The quantitative estimate of drug-likeness (QED) is 0.746. The summed E-state index contributed by atoms with van der Waals surface area (Å²) in [5.41, 5.74) is 0. The number of carboxylic acid groups (broad SMARTS) is 1. The number of hydrogen-bond donors (Lipinski definition) is 2. The standard InChI is InChI=1S/C12H19N3O5S/c1-20-11(18)13-8-2-3-14(6-8)12(19)15-4-5-21-7-9(15)10(16)17/h8-9H,2-7H2,1H3,(H,13,18)(H,16,17). The van der Waals surface area contributed by atoms with E-state index in [9.17, 15) is 19.5 Å². The number of nitrogens with one attached hydrogen (secondary N) is 1. The summed E-state index contributed by atoms with van der Waals surface area (Å²) >= 11 is 1.54. The number of nitrogens with zero attached hydrogens (tertiary/aromatic N) is 2. The Kier molecular flexibility index (Phi) is 5.16. The highest BCUT2D eigenvalue weighted by atomic mass is 32.2. The van der Waals surface area contributed by atoms with Gasteiger partial charge in [-0.25, -0.2) is 14.4 Å². The molecule has 0 aliphatic carbocycles. The Morgan fingerprint density at radius 3 is 2.76 bits per heavy atom. The van der Waals surface area contributed by atoms with Gasteiger partial charge in [0, 0.05) is 31.1 Å². The van der Waals surface area contributed by atoms with Gasteiger partial charge in [-0.3, -0.25) is 0 Å². The van der Waals surface area contributed by atoms with E-state index >= 15 is 0 Å². The van der Waals surface area contributed by atoms with Crippen LogP contribution < -0.4 is 5.32 Å². The van der Waals surface area contributed by atoms with E-state index in [-0.39, 0.29) is 12.1 Å². The molecule has 3 amide bonds. The summed E-state index contributed by atoms with van der Waals surface area (Å²) in [6, 6.07) is -1.19. The largest absolute Gasteiger partial charge is 0.480 e. The topological polar surface area (TPSA) is 99.2 Å². The SMILES string of the molecule is COC(=O)NC1CCN(C(=O)N2CCSCC2C(=O)O)C1. The van der Waals surface area contributed by atoms with Crippen LogP contribution in [0.2, 0.25) is 0 Å². The smallest absolute Gasteiger partial charge is 0.407 e. The molecule has 2 aliphatic rings. The zero-order valence-corrected chi connectivity index (χ0v) is 12.6. The van der Waals surface area contributed by atoms with Crippen LogP contribution in [0.15, 0.2) is 0 Å². The lowest BCUT2D eigenvalue weighted by molar-refractivity contribution is -0.141. The van der Waals surface area contributed by atoms with E-state index in [0.717, 1.165) is 5.75 Å². The minimum Gasteiger partial charge on any atom is -0.480 e. The summed E-state index contributed by atoms with van der Waals surface area (Å²) in [5.74, 6) is 0.186. The molecule has 2 N–H and O–H groups in total. The van der Waals surface area contributed by atoms with Gasteiger partial charge in [-0.05, 0) is 6.42 Å². The lowest BCUT2D eigenvalue weighted by Gasteiger charge is -2.35. The van der Waals surface area contributed by atoms with Gasteiger partial charge in [-0.2, -0.15) is 11.8 Å². The van der Waals surface area contributed by atoms with Crippen molar-refractivity contribution in [2.24, 2.45) is 0 Å². The third kappa shape index (κ3) is 3.72. The fraction of sp³-hybridized carbons (Fsp3) is 0.750. The van der Waals surface area contributed by atoms with Crippen LogP contribution in [0.3, 0.4) is 0 Å². The van der Waals surface area contributed by atoms with Crippen LogP contribution in [0.4, 0.5) is 9.59 Å². The number of rotatable bonds is 2. The Hall–Kier alpha value is -1.64. The number of thioether (sulfide) groups is 1. The number of carbonyl (C=O) groups is 3. The zero-order valence-electron chi connectivity index (χ0n) is 11.8. The van der Waals surface area contributed by atoms with E-state index in [4.69, 9.17) is 0 Å². The third-order valence-electron chi connectivity index (χ3n) is 3.63. The molecule has 0 aromatic carbocycles. The van der Waals surface area contributed by atoms with Crippen molar-refractivity contribution in [3.63, 3.8) is 0 Å². The predicted molar refractivity (Wildman–Crippen MR) is 76.4 cm³/mol. The fourth-order valence-corrected chi connectivity index (χ4v) is 3.53. The molecule has 0 saturated carbocycles. The van der Waals surface area contributed by atoms with E-state index in [0.29, 0.717) is 31.8 Å². The molecule has 9 heteroatoms. The number of carboxylic acids is 1. The van der Waals surface area contributed by atoms with Gasteiger partial charge in [-0.15, -0.1) is 0 Å². The Bertz CT molecular complexity index is 433. The minimum atomic E-state index is -0.973. The summed E-state index contributed by atoms with van der Waals surface area (Å²) in [4.78, 5) is 37.9. The van der Waals surface area contributed by atoms with Gasteiger partial charge in [0.25, 0.3) is 0 Å². The normalized spacial score (nSPS) is 25.6. The van der Waals surface area contributed by atoms with Crippen molar-refractivity contribution in [3.8, 4) is 0 Å². The van der Waals surface area contributed by atoms with Crippen LogP contribution in [-0.4, -0.2) is 83.3 Å². The molecule has 21 heavy (non-hydrogen) atoms. The van der Waals surface area contributed by atoms with Gasteiger partial charge in [-0.1, -0.05) is 0 Å². The minimum absolute atomic E-state index is 0.149. The first-order valence-electron chi connectivity index (χ1n) is 6.73. The summed E-state index contributed by atoms with van der Waals surface area (Å²) in [6.07, 6.45) is 0.119. The zero-order chi connectivity index (χ0) is 15.4. The molecular weight excluding hydrogens is 298 g/mol. The van der Waals surface area contributed by atoms with Crippen molar-refractivity contribution in [3.05, 3.63) is 0 Å². The van der Waals surface area contributed by atoms with Crippen molar-refractivity contribution in [1.82, 2.24) is 15.1 Å². The van der Waals surface area contributed by atoms with Gasteiger partial charge in [0.2, 0.25) is 0 Å². The van der Waals surface area contributed by atoms with Gasteiger partial charge in [0.15, 0.2) is 0 Å². The fourth-order valence-electron chi connectivity index (χ4n) is 2.50. The number of amides is 3. The number of aliphatic carboxylic acids is 1. The van der Waals surface area contributed by atoms with Gasteiger partial charge in [0.05, 0.1) is 13.2 Å². The van der Waals surface area contributed by atoms with E-state index < -0.39 is 18.1 Å². The highest BCUT2D eigenvalue weighted by molar-refractivity contribution is 7.99. The first kappa shape index (κ1) is 15.7. The van der Waals surface area contributed by atoms with Crippen molar-refractivity contribution in [2.75, 3.05) is 38.2 Å². The second-order valence-corrected chi connectivity index (χ2v) is 6.12. The van der Waals surface area contributed by atoms with Gasteiger partial charge >= 0.3 is 18.1 Å². The Morgan fingerprint density at radius 1 is 1.33 bits per heavy atom. The average Bonchev–Trinajstić information content (AvgIpc) is 2.94. The molecule has 0 spiro atoms. The molecular formula is C12H19N3O5S.